The van der Waals surface area contributed by atoms with Gasteiger partial charge in [-0.25, -0.2) is 0 Å². The van der Waals surface area contributed by atoms with E-state index in [2.05, 4.69) is 29.7 Å². The lowest BCUT2D eigenvalue weighted by Crippen LogP contribution is -2.51. The van der Waals surface area contributed by atoms with Crippen LogP contribution in [0.4, 0.5) is 0 Å². The van der Waals surface area contributed by atoms with Crippen LogP contribution in [0.3, 0.4) is 0 Å². The van der Waals surface area contributed by atoms with Gasteiger partial charge in [0.05, 0.1) is 19.3 Å². The van der Waals surface area contributed by atoms with E-state index in [0.29, 0.717) is 13.2 Å². The Kier molecular flexibility index (Phi) is 4.15. The van der Waals surface area contributed by atoms with E-state index in [1.54, 1.807) is 11.3 Å². The molecule has 94 valence electrons. The summed E-state index contributed by atoms with van der Waals surface area (Å²) in [6, 6.07) is 3.98. The summed E-state index contributed by atoms with van der Waals surface area (Å²) in [6.07, 6.45) is 0. The van der Waals surface area contributed by atoms with Crippen molar-refractivity contribution in [3.05, 3.63) is 21.9 Å². The molecule has 2 N–H and O–H groups in total. The molecule has 0 saturated carbocycles. The molecular formula is C12H18N2O2S. The number of amides is 1. The molecule has 1 aliphatic heterocycles. The molecule has 5 heteroatoms. The summed E-state index contributed by atoms with van der Waals surface area (Å²) >= 11 is 1.72. The maximum absolute atomic E-state index is 11.9. The van der Waals surface area contributed by atoms with E-state index >= 15 is 0 Å². The fourth-order valence-corrected chi connectivity index (χ4v) is 2.68. The number of hydrogen-bond donors (Lipinski definition) is 2. The SMILES string of the molecule is Cc1ccc(C(C)NC(=O)C2COCCN2)s1. The van der Waals surface area contributed by atoms with E-state index in [1.165, 1.54) is 9.75 Å². The van der Waals surface area contributed by atoms with Gasteiger partial charge in [-0.05, 0) is 26.0 Å². The molecule has 0 spiro atoms. The van der Waals surface area contributed by atoms with Crippen LogP contribution in [0.2, 0.25) is 0 Å². The molecule has 2 heterocycles. The summed E-state index contributed by atoms with van der Waals surface area (Å²) in [7, 11) is 0. The van der Waals surface area contributed by atoms with Crippen LogP contribution in [-0.2, 0) is 9.53 Å². The number of carbonyl (C=O) groups is 1. The number of rotatable bonds is 3. The lowest BCUT2D eigenvalue weighted by molar-refractivity contribution is -0.126. The van der Waals surface area contributed by atoms with E-state index in [-0.39, 0.29) is 18.0 Å². The van der Waals surface area contributed by atoms with Crippen LogP contribution in [0.5, 0.6) is 0 Å². The molecule has 0 aromatic carbocycles. The van der Waals surface area contributed by atoms with Gasteiger partial charge in [0.1, 0.15) is 6.04 Å². The molecular weight excluding hydrogens is 236 g/mol. The van der Waals surface area contributed by atoms with E-state index in [9.17, 15) is 4.79 Å². The van der Waals surface area contributed by atoms with Crippen molar-refractivity contribution in [2.45, 2.75) is 25.9 Å². The van der Waals surface area contributed by atoms with Crippen molar-refractivity contribution in [3.63, 3.8) is 0 Å². The predicted molar refractivity (Wildman–Crippen MR) is 68.2 cm³/mol. The second-order valence-corrected chi connectivity index (χ2v) is 5.58. The number of ether oxygens (including phenoxy) is 1. The van der Waals surface area contributed by atoms with Crippen LogP contribution in [0, 0.1) is 6.92 Å². The number of aryl methyl sites for hydroxylation is 1. The molecule has 17 heavy (non-hydrogen) atoms. The minimum atomic E-state index is -0.216. The summed E-state index contributed by atoms with van der Waals surface area (Å²) in [5.74, 6) is 0.0169. The Labute approximate surface area is 105 Å². The summed E-state index contributed by atoms with van der Waals surface area (Å²) in [6.45, 7) is 5.96. The van der Waals surface area contributed by atoms with Crippen LogP contribution < -0.4 is 10.6 Å². The van der Waals surface area contributed by atoms with Gasteiger partial charge in [-0.1, -0.05) is 0 Å². The molecule has 1 aromatic rings. The zero-order valence-corrected chi connectivity index (χ0v) is 11.0. The molecule has 1 amide bonds. The molecule has 4 nitrogen and oxygen atoms in total. The maximum Gasteiger partial charge on any atom is 0.240 e. The van der Waals surface area contributed by atoms with Crippen LogP contribution in [0.25, 0.3) is 0 Å². The van der Waals surface area contributed by atoms with Gasteiger partial charge >= 0.3 is 0 Å². The van der Waals surface area contributed by atoms with Gasteiger partial charge in [0.15, 0.2) is 0 Å². The van der Waals surface area contributed by atoms with Gasteiger partial charge in [-0.2, -0.15) is 0 Å². The molecule has 1 aliphatic rings. The van der Waals surface area contributed by atoms with Crippen molar-refractivity contribution in [1.82, 2.24) is 10.6 Å². The average Bonchev–Trinajstić information content (AvgIpc) is 2.77. The second-order valence-electron chi connectivity index (χ2n) is 4.26. The van der Waals surface area contributed by atoms with Crippen LogP contribution >= 0.6 is 11.3 Å². The first-order valence-corrected chi connectivity index (χ1v) is 6.66. The fourth-order valence-electron chi connectivity index (χ4n) is 1.81. The third kappa shape index (κ3) is 3.28. The van der Waals surface area contributed by atoms with E-state index in [1.807, 2.05) is 6.92 Å². The molecule has 0 aliphatic carbocycles. The standard InChI is InChI=1S/C12H18N2O2S/c1-8-3-4-11(17-8)9(2)14-12(15)10-7-16-6-5-13-10/h3-4,9-10,13H,5-7H2,1-2H3,(H,14,15). The third-order valence-corrected chi connectivity index (χ3v) is 3.97. The molecule has 1 saturated heterocycles. The lowest BCUT2D eigenvalue weighted by atomic mass is 10.2. The average molecular weight is 254 g/mol. The van der Waals surface area contributed by atoms with Gasteiger partial charge in [0.25, 0.3) is 0 Å². The largest absolute Gasteiger partial charge is 0.378 e. The number of hydrogen-bond acceptors (Lipinski definition) is 4. The fraction of sp³-hybridized carbons (Fsp3) is 0.583. The molecule has 2 rings (SSSR count). The highest BCUT2D eigenvalue weighted by molar-refractivity contribution is 7.12. The molecule has 0 bridgehead atoms. The van der Waals surface area contributed by atoms with Crippen molar-refractivity contribution in [3.8, 4) is 0 Å². The minimum Gasteiger partial charge on any atom is -0.378 e. The van der Waals surface area contributed by atoms with Gasteiger partial charge in [-0.3, -0.25) is 4.79 Å². The highest BCUT2D eigenvalue weighted by atomic mass is 32.1. The van der Waals surface area contributed by atoms with Crippen molar-refractivity contribution in [2.24, 2.45) is 0 Å². The molecule has 2 unspecified atom stereocenters. The van der Waals surface area contributed by atoms with Crippen molar-refractivity contribution in [1.29, 1.82) is 0 Å². The van der Waals surface area contributed by atoms with Crippen LogP contribution in [0.15, 0.2) is 12.1 Å². The Morgan fingerprint density at radius 3 is 3.06 bits per heavy atom. The zero-order valence-electron chi connectivity index (χ0n) is 10.2. The maximum atomic E-state index is 11.9. The lowest BCUT2D eigenvalue weighted by Gasteiger charge is -2.24. The quantitative estimate of drug-likeness (QED) is 0.853. The Bertz CT molecular complexity index is 386. The summed E-state index contributed by atoms with van der Waals surface area (Å²) in [5.41, 5.74) is 0. The summed E-state index contributed by atoms with van der Waals surface area (Å²) in [5, 5.41) is 6.16. The van der Waals surface area contributed by atoms with Gasteiger partial charge in [-0.15, -0.1) is 11.3 Å². The normalized spacial score (nSPS) is 22.1. The zero-order chi connectivity index (χ0) is 12.3. The summed E-state index contributed by atoms with van der Waals surface area (Å²) < 4.78 is 5.27. The number of morpholine rings is 1. The Balaban J connectivity index is 1.89. The molecule has 1 aromatic heterocycles. The van der Waals surface area contributed by atoms with Gasteiger partial charge < -0.3 is 15.4 Å². The van der Waals surface area contributed by atoms with Crippen molar-refractivity contribution >= 4 is 17.2 Å². The van der Waals surface area contributed by atoms with Crippen LogP contribution in [0.1, 0.15) is 22.7 Å². The van der Waals surface area contributed by atoms with E-state index in [4.69, 9.17) is 4.74 Å². The minimum absolute atomic E-state index is 0.0169. The highest BCUT2D eigenvalue weighted by Crippen LogP contribution is 2.22. The topological polar surface area (TPSA) is 50.4 Å². The first-order chi connectivity index (χ1) is 8.16. The van der Waals surface area contributed by atoms with Crippen molar-refractivity contribution in [2.75, 3.05) is 19.8 Å². The monoisotopic (exact) mass is 254 g/mol. The smallest absolute Gasteiger partial charge is 0.240 e. The van der Waals surface area contributed by atoms with Crippen LogP contribution in [-0.4, -0.2) is 31.7 Å². The Morgan fingerprint density at radius 1 is 1.65 bits per heavy atom. The predicted octanol–water partition coefficient (Wildman–Crippen LogP) is 1.22. The number of carbonyl (C=O) groups excluding carboxylic acids is 1. The number of nitrogens with one attached hydrogen (secondary N) is 2. The highest BCUT2D eigenvalue weighted by Gasteiger charge is 2.22. The molecule has 1 fully saturated rings. The second kappa shape index (κ2) is 5.62. The molecule has 0 radical (unpaired) electrons. The van der Waals surface area contributed by atoms with Gasteiger partial charge in [0.2, 0.25) is 5.91 Å². The van der Waals surface area contributed by atoms with E-state index in [0.717, 1.165) is 6.54 Å². The first-order valence-electron chi connectivity index (χ1n) is 5.84. The Hall–Kier alpha value is -0.910. The molecule has 2 atom stereocenters. The Morgan fingerprint density at radius 2 is 2.47 bits per heavy atom. The summed E-state index contributed by atoms with van der Waals surface area (Å²) in [4.78, 5) is 14.4. The van der Waals surface area contributed by atoms with Crippen molar-refractivity contribution < 1.29 is 9.53 Å². The third-order valence-electron chi connectivity index (χ3n) is 2.78. The van der Waals surface area contributed by atoms with Gasteiger partial charge in [0, 0.05) is 16.3 Å². The number of thiophene rings is 1. The first kappa shape index (κ1) is 12.5. The van der Waals surface area contributed by atoms with E-state index < -0.39 is 0 Å².